The van der Waals surface area contributed by atoms with Crippen molar-refractivity contribution in [1.82, 2.24) is 4.98 Å². The Morgan fingerprint density at radius 1 is 1.67 bits per heavy atom. The summed E-state index contributed by atoms with van der Waals surface area (Å²) in [6.07, 6.45) is 5.99. The number of thiazole rings is 1. The van der Waals surface area contributed by atoms with Crippen molar-refractivity contribution in [3.05, 3.63) is 16.6 Å². The molecule has 1 aliphatic carbocycles. The van der Waals surface area contributed by atoms with Crippen LogP contribution in [0, 0.1) is 5.92 Å². The monoisotopic (exact) mass is 139 g/mol. The van der Waals surface area contributed by atoms with E-state index >= 15 is 0 Å². The molecule has 1 heterocycles. The third-order valence-electron chi connectivity index (χ3n) is 1.64. The van der Waals surface area contributed by atoms with Crippen LogP contribution in [0.4, 0.5) is 0 Å². The van der Waals surface area contributed by atoms with Gasteiger partial charge in [-0.05, 0) is 18.8 Å². The topological polar surface area (TPSA) is 12.9 Å². The fourth-order valence-electron chi connectivity index (χ4n) is 0.923. The smallest absolute Gasteiger partial charge is 0.0927 e. The molecule has 0 bridgehead atoms. The largest absolute Gasteiger partial charge is 0.250 e. The summed E-state index contributed by atoms with van der Waals surface area (Å²) in [6.45, 7) is 0. The van der Waals surface area contributed by atoms with Gasteiger partial charge in [0.2, 0.25) is 0 Å². The van der Waals surface area contributed by atoms with Gasteiger partial charge in [-0.1, -0.05) is 0 Å². The summed E-state index contributed by atoms with van der Waals surface area (Å²) in [5, 5.41) is 3.37. The van der Waals surface area contributed by atoms with Gasteiger partial charge in [0, 0.05) is 18.0 Å². The molecule has 1 nitrogen and oxygen atoms in total. The number of hydrogen-bond acceptors (Lipinski definition) is 2. The molecule has 0 atom stereocenters. The molecular weight excluding hydrogens is 130 g/mol. The fourth-order valence-corrected chi connectivity index (χ4v) is 1.66. The maximum atomic E-state index is 4.21. The van der Waals surface area contributed by atoms with E-state index in [-0.39, 0.29) is 0 Å². The average Bonchev–Trinajstić information content (AvgIpc) is 2.46. The van der Waals surface area contributed by atoms with Gasteiger partial charge in [0.05, 0.1) is 5.01 Å². The SMILES string of the molecule is c1csc(CC2CC2)n1. The predicted octanol–water partition coefficient (Wildman–Crippen LogP) is 2.10. The van der Waals surface area contributed by atoms with Gasteiger partial charge in [-0.2, -0.15) is 0 Å². The molecule has 9 heavy (non-hydrogen) atoms. The molecule has 1 aliphatic rings. The summed E-state index contributed by atoms with van der Waals surface area (Å²) in [5.74, 6) is 0.983. The average molecular weight is 139 g/mol. The molecule has 0 amide bonds. The van der Waals surface area contributed by atoms with Crippen LogP contribution in [-0.2, 0) is 6.42 Å². The van der Waals surface area contributed by atoms with Crippen LogP contribution in [0.2, 0.25) is 0 Å². The van der Waals surface area contributed by atoms with E-state index < -0.39 is 0 Å². The molecule has 0 spiro atoms. The molecule has 0 aromatic carbocycles. The molecule has 0 unspecified atom stereocenters. The first-order chi connectivity index (χ1) is 4.45. The van der Waals surface area contributed by atoms with Crippen LogP contribution in [0.15, 0.2) is 11.6 Å². The highest BCUT2D eigenvalue weighted by atomic mass is 32.1. The Balaban J connectivity index is 1.99. The second kappa shape index (κ2) is 2.10. The maximum Gasteiger partial charge on any atom is 0.0927 e. The summed E-state index contributed by atoms with van der Waals surface area (Å²) in [7, 11) is 0. The Hall–Kier alpha value is -0.370. The lowest BCUT2D eigenvalue weighted by molar-refractivity contribution is 0.824. The van der Waals surface area contributed by atoms with Gasteiger partial charge in [0.15, 0.2) is 0 Å². The van der Waals surface area contributed by atoms with E-state index in [0.29, 0.717) is 0 Å². The van der Waals surface area contributed by atoms with Gasteiger partial charge in [0.25, 0.3) is 0 Å². The van der Waals surface area contributed by atoms with Crippen molar-refractivity contribution in [1.29, 1.82) is 0 Å². The van der Waals surface area contributed by atoms with Crippen LogP contribution in [-0.4, -0.2) is 4.98 Å². The molecule has 2 rings (SSSR count). The number of rotatable bonds is 2. The number of hydrogen-bond donors (Lipinski definition) is 0. The summed E-state index contributed by atoms with van der Waals surface area (Å²) in [5.41, 5.74) is 0. The minimum absolute atomic E-state index is 0.983. The summed E-state index contributed by atoms with van der Waals surface area (Å²) < 4.78 is 0. The Labute approximate surface area is 58.7 Å². The van der Waals surface area contributed by atoms with Gasteiger partial charge in [-0.3, -0.25) is 0 Å². The van der Waals surface area contributed by atoms with E-state index in [1.807, 2.05) is 6.20 Å². The van der Waals surface area contributed by atoms with E-state index in [4.69, 9.17) is 0 Å². The van der Waals surface area contributed by atoms with Gasteiger partial charge < -0.3 is 0 Å². The lowest BCUT2D eigenvalue weighted by atomic mass is 10.3. The molecule has 1 saturated carbocycles. The van der Waals surface area contributed by atoms with Crippen LogP contribution in [0.3, 0.4) is 0 Å². The van der Waals surface area contributed by atoms with Crippen LogP contribution in [0.5, 0.6) is 0 Å². The zero-order valence-corrected chi connectivity index (χ0v) is 6.03. The number of nitrogens with zero attached hydrogens (tertiary/aromatic N) is 1. The second-order valence-corrected chi connectivity index (χ2v) is 3.55. The molecule has 1 fully saturated rings. The van der Waals surface area contributed by atoms with E-state index in [1.54, 1.807) is 11.3 Å². The molecule has 48 valence electrons. The zero-order chi connectivity index (χ0) is 6.10. The second-order valence-electron chi connectivity index (χ2n) is 2.57. The Bertz CT molecular complexity index is 177. The Morgan fingerprint density at radius 2 is 2.56 bits per heavy atom. The van der Waals surface area contributed by atoms with Crippen LogP contribution < -0.4 is 0 Å². The van der Waals surface area contributed by atoms with E-state index in [1.165, 1.54) is 24.3 Å². The van der Waals surface area contributed by atoms with Crippen LogP contribution >= 0.6 is 11.3 Å². The molecule has 0 aliphatic heterocycles. The van der Waals surface area contributed by atoms with Gasteiger partial charge in [-0.25, -0.2) is 4.98 Å². The van der Waals surface area contributed by atoms with Crippen molar-refractivity contribution in [2.24, 2.45) is 5.92 Å². The summed E-state index contributed by atoms with van der Waals surface area (Å²) >= 11 is 1.78. The van der Waals surface area contributed by atoms with E-state index in [0.717, 1.165) is 5.92 Å². The lowest BCUT2D eigenvalue weighted by Gasteiger charge is -1.86. The lowest BCUT2D eigenvalue weighted by Crippen LogP contribution is -1.82. The molecule has 2 heteroatoms. The first kappa shape index (κ1) is 5.42. The molecule has 0 N–H and O–H groups in total. The standard InChI is InChI=1S/C7H9NS/c1-2-6(1)5-7-8-3-4-9-7/h3-4,6H,1-2,5H2. The van der Waals surface area contributed by atoms with Crippen molar-refractivity contribution in [3.63, 3.8) is 0 Å². The van der Waals surface area contributed by atoms with Crippen LogP contribution in [0.1, 0.15) is 17.8 Å². The normalized spacial score (nSPS) is 18.2. The van der Waals surface area contributed by atoms with Crippen molar-refractivity contribution >= 4 is 11.3 Å². The van der Waals surface area contributed by atoms with E-state index in [2.05, 4.69) is 10.4 Å². The quantitative estimate of drug-likeness (QED) is 0.611. The predicted molar refractivity (Wildman–Crippen MR) is 38.5 cm³/mol. The highest BCUT2D eigenvalue weighted by Gasteiger charge is 2.22. The highest BCUT2D eigenvalue weighted by Crippen LogP contribution is 2.32. The molecule has 1 aromatic heterocycles. The molecule has 0 radical (unpaired) electrons. The summed E-state index contributed by atoms with van der Waals surface area (Å²) in [6, 6.07) is 0. The Morgan fingerprint density at radius 3 is 3.11 bits per heavy atom. The summed E-state index contributed by atoms with van der Waals surface area (Å²) in [4.78, 5) is 4.21. The first-order valence-corrected chi connectivity index (χ1v) is 4.21. The molecular formula is C7H9NS. The Kier molecular flexibility index (Phi) is 1.27. The zero-order valence-electron chi connectivity index (χ0n) is 5.21. The number of aromatic nitrogens is 1. The fraction of sp³-hybridized carbons (Fsp3) is 0.571. The van der Waals surface area contributed by atoms with Crippen molar-refractivity contribution < 1.29 is 0 Å². The van der Waals surface area contributed by atoms with Gasteiger partial charge in [0.1, 0.15) is 0 Å². The first-order valence-electron chi connectivity index (χ1n) is 3.33. The van der Waals surface area contributed by atoms with Crippen molar-refractivity contribution in [2.75, 3.05) is 0 Å². The third kappa shape index (κ3) is 1.30. The van der Waals surface area contributed by atoms with Crippen molar-refractivity contribution in [2.45, 2.75) is 19.3 Å². The van der Waals surface area contributed by atoms with E-state index in [9.17, 15) is 0 Å². The van der Waals surface area contributed by atoms with Gasteiger partial charge >= 0.3 is 0 Å². The van der Waals surface area contributed by atoms with Crippen LogP contribution in [0.25, 0.3) is 0 Å². The van der Waals surface area contributed by atoms with Crippen molar-refractivity contribution in [3.8, 4) is 0 Å². The third-order valence-corrected chi connectivity index (χ3v) is 2.45. The molecule has 1 aromatic rings. The minimum Gasteiger partial charge on any atom is -0.250 e. The highest BCUT2D eigenvalue weighted by molar-refractivity contribution is 7.09. The van der Waals surface area contributed by atoms with Gasteiger partial charge in [-0.15, -0.1) is 11.3 Å². The molecule has 0 saturated heterocycles. The maximum absolute atomic E-state index is 4.21. The minimum atomic E-state index is 0.983.